The molecular weight excluding hydrogens is 186 g/mol. The summed E-state index contributed by atoms with van der Waals surface area (Å²) in [6, 6.07) is 0.670. The molecule has 1 aliphatic rings. The van der Waals surface area contributed by atoms with Gasteiger partial charge in [0, 0.05) is 18.6 Å². The summed E-state index contributed by atoms with van der Waals surface area (Å²) in [6.07, 6.45) is 6.59. The lowest BCUT2D eigenvalue weighted by molar-refractivity contribution is 0.163. The smallest absolute Gasteiger partial charge is 0.0510 e. The van der Waals surface area contributed by atoms with Crippen molar-refractivity contribution in [1.29, 1.82) is 0 Å². The average Bonchev–Trinajstić information content (AvgIpc) is 2.77. The van der Waals surface area contributed by atoms with Crippen molar-refractivity contribution in [3.05, 3.63) is 0 Å². The van der Waals surface area contributed by atoms with Crippen LogP contribution in [-0.2, 0) is 4.74 Å². The molecule has 0 aliphatic carbocycles. The molecule has 0 radical (unpaired) electrons. The fraction of sp³-hybridized carbons (Fsp3) is 1.00. The Hall–Kier alpha value is -0.0800. The van der Waals surface area contributed by atoms with Crippen molar-refractivity contribution in [2.75, 3.05) is 20.3 Å². The maximum atomic E-state index is 5.50. The molecule has 0 aromatic carbocycles. The fourth-order valence-corrected chi connectivity index (χ4v) is 2.80. The fourth-order valence-electron chi connectivity index (χ4n) is 2.80. The van der Waals surface area contributed by atoms with E-state index >= 15 is 0 Å². The van der Waals surface area contributed by atoms with E-state index in [0.29, 0.717) is 6.04 Å². The molecular formula is C13H27NO. The average molecular weight is 213 g/mol. The van der Waals surface area contributed by atoms with Gasteiger partial charge in [0.1, 0.15) is 0 Å². The Morgan fingerprint density at radius 2 is 2.20 bits per heavy atom. The minimum absolute atomic E-state index is 0.670. The summed E-state index contributed by atoms with van der Waals surface area (Å²) in [7, 11) is 2.11. The normalized spacial score (nSPS) is 25.4. The summed E-state index contributed by atoms with van der Waals surface area (Å²) in [4.78, 5) is 0. The minimum Gasteiger partial charge on any atom is -0.381 e. The molecule has 0 saturated carbocycles. The van der Waals surface area contributed by atoms with Gasteiger partial charge in [-0.25, -0.2) is 0 Å². The Bertz CT molecular complexity index is 155. The standard InChI is InChI=1S/C13H27NO/c1-4-6-7-11(5-2)13(14-3)12-8-9-15-10-12/h11-14H,4-10H2,1-3H3. The zero-order valence-electron chi connectivity index (χ0n) is 10.6. The molecule has 2 heteroatoms. The largest absolute Gasteiger partial charge is 0.381 e. The lowest BCUT2D eigenvalue weighted by Gasteiger charge is -2.30. The molecule has 1 rings (SSSR count). The van der Waals surface area contributed by atoms with Gasteiger partial charge in [-0.05, 0) is 25.8 Å². The summed E-state index contributed by atoms with van der Waals surface area (Å²) < 4.78 is 5.50. The van der Waals surface area contributed by atoms with E-state index in [0.717, 1.165) is 25.0 Å². The van der Waals surface area contributed by atoms with Crippen LogP contribution < -0.4 is 5.32 Å². The second kappa shape index (κ2) is 7.24. The molecule has 0 bridgehead atoms. The van der Waals surface area contributed by atoms with E-state index in [4.69, 9.17) is 4.74 Å². The van der Waals surface area contributed by atoms with Crippen LogP contribution in [0.4, 0.5) is 0 Å². The maximum Gasteiger partial charge on any atom is 0.0510 e. The summed E-state index contributed by atoms with van der Waals surface area (Å²) >= 11 is 0. The van der Waals surface area contributed by atoms with E-state index in [1.165, 1.54) is 32.1 Å². The van der Waals surface area contributed by atoms with Crippen LogP contribution in [0.1, 0.15) is 46.0 Å². The monoisotopic (exact) mass is 213 g/mol. The molecule has 0 aromatic rings. The van der Waals surface area contributed by atoms with Gasteiger partial charge in [-0.3, -0.25) is 0 Å². The Balaban J connectivity index is 2.44. The van der Waals surface area contributed by atoms with Crippen LogP contribution in [0.3, 0.4) is 0 Å². The lowest BCUT2D eigenvalue weighted by atomic mass is 9.83. The topological polar surface area (TPSA) is 21.3 Å². The number of unbranched alkanes of at least 4 members (excludes halogenated alkanes) is 1. The van der Waals surface area contributed by atoms with Gasteiger partial charge in [0.25, 0.3) is 0 Å². The van der Waals surface area contributed by atoms with E-state index in [1.807, 2.05) is 0 Å². The molecule has 1 aliphatic heterocycles. The van der Waals surface area contributed by atoms with Crippen LogP contribution in [0.2, 0.25) is 0 Å². The van der Waals surface area contributed by atoms with Crippen LogP contribution in [0.5, 0.6) is 0 Å². The van der Waals surface area contributed by atoms with Gasteiger partial charge in [0.15, 0.2) is 0 Å². The zero-order chi connectivity index (χ0) is 11.1. The van der Waals surface area contributed by atoms with Crippen LogP contribution in [-0.4, -0.2) is 26.3 Å². The highest BCUT2D eigenvalue weighted by Gasteiger charge is 2.29. The predicted molar refractivity (Wildman–Crippen MR) is 65.1 cm³/mol. The molecule has 1 heterocycles. The Kier molecular flexibility index (Phi) is 6.26. The van der Waals surface area contributed by atoms with Crippen molar-refractivity contribution in [2.45, 2.75) is 52.0 Å². The van der Waals surface area contributed by atoms with Crippen LogP contribution in [0.25, 0.3) is 0 Å². The first-order valence-corrected chi connectivity index (χ1v) is 6.58. The van der Waals surface area contributed by atoms with Crippen molar-refractivity contribution < 1.29 is 4.74 Å². The highest BCUT2D eigenvalue weighted by molar-refractivity contribution is 4.83. The summed E-state index contributed by atoms with van der Waals surface area (Å²) in [5.74, 6) is 1.58. The molecule has 1 saturated heterocycles. The molecule has 0 aromatic heterocycles. The third-order valence-corrected chi connectivity index (χ3v) is 3.77. The minimum atomic E-state index is 0.670. The molecule has 90 valence electrons. The van der Waals surface area contributed by atoms with E-state index in [2.05, 4.69) is 26.2 Å². The maximum absolute atomic E-state index is 5.50. The van der Waals surface area contributed by atoms with Crippen molar-refractivity contribution in [2.24, 2.45) is 11.8 Å². The Morgan fingerprint density at radius 3 is 2.67 bits per heavy atom. The zero-order valence-corrected chi connectivity index (χ0v) is 10.6. The number of hydrogen-bond acceptors (Lipinski definition) is 2. The van der Waals surface area contributed by atoms with Gasteiger partial charge in [-0.15, -0.1) is 0 Å². The number of ether oxygens (including phenoxy) is 1. The van der Waals surface area contributed by atoms with Gasteiger partial charge < -0.3 is 10.1 Å². The number of rotatable bonds is 7. The van der Waals surface area contributed by atoms with Crippen molar-refractivity contribution in [1.82, 2.24) is 5.32 Å². The van der Waals surface area contributed by atoms with Gasteiger partial charge in [-0.2, -0.15) is 0 Å². The van der Waals surface area contributed by atoms with Gasteiger partial charge in [-0.1, -0.05) is 33.1 Å². The molecule has 15 heavy (non-hydrogen) atoms. The van der Waals surface area contributed by atoms with E-state index in [9.17, 15) is 0 Å². The highest BCUT2D eigenvalue weighted by atomic mass is 16.5. The van der Waals surface area contributed by atoms with Gasteiger partial charge in [0.05, 0.1) is 6.61 Å². The van der Waals surface area contributed by atoms with Crippen molar-refractivity contribution in [3.63, 3.8) is 0 Å². The first kappa shape index (κ1) is 13.0. The molecule has 0 amide bonds. The quantitative estimate of drug-likeness (QED) is 0.702. The molecule has 3 atom stereocenters. The molecule has 1 N–H and O–H groups in total. The second-order valence-electron chi connectivity index (χ2n) is 4.75. The number of nitrogens with one attached hydrogen (secondary N) is 1. The summed E-state index contributed by atoms with van der Waals surface area (Å²) in [6.45, 7) is 6.53. The molecule has 3 unspecified atom stereocenters. The SMILES string of the molecule is CCCCC(CC)C(NC)C1CCOC1. The lowest BCUT2D eigenvalue weighted by Crippen LogP contribution is -2.40. The molecule has 1 fully saturated rings. The first-order chi connectivity index (χ1) is 7.33. The van der Waals surface area contributed by atoms with Gasteiger partial charge in [0.2, 0.25) is 0 Å². The van der Waals surface area contributed by atoms with Crippen LogP contribution in [0.15, 0.2) is 0 Å². The summed E-state index contributed by atoms with van der Waals surface area (Å²) in [5.41, 5.74) is 0. The predicted octanol–water partition coefficient (Wildman–Crippen LogP) is 2.83. The Morgan fingerprint density at radius 1 is 1.40 bits per heavy atom. The highest BCUT2D eigenvalue weighted by Crippen LogP contribution is 2.27. The van der Waals surface area contributed by atoms with E-state index in [1.54, 1.807) is 0 Å². The van der Waals surface area contributed by atoms with Crippen molar-refractivity contribution in [3.8, 4) is 0 Å². The first-order valence-electron chi connectivity index (χ1n) is 6.58. The van der Waals surface area contributed by atoms with Crippen molar-refractivity contribution >= 4 is 0 Å². The second-order valence-corrected chi connectivity index (χ2v) is 4.75. The van der Waals surface area contributed by atoms with E-state index in [-0.39, 0.29) is 0 Å². The van der Waals surface area contributed by atoms with Gasteiger partial charge >= 0.3 is 0 Å². The van der Waals surface area contributed by atoms with Crippen LogP contribution >= 0.6 is 0 Å². The number of hydrogen-bond donors (Lipinski definition) is 1. The van der Waals surface area contributed by atoms with Crippen LogP contribution in [0, 0.1) is 11.8 Å². The molecule has 0 spiro atoms. The van der Waals surface area contributed by atoms with E-state index < -0.39 is 0 Å². The molecule has 2 nitrogen and oxygen atoms in total. The summed E-state index contributed by atoms with van der Waals surface area (Å²) in [5, 5.41) is 3.52. The third kappa shape index (κ3) is 3.76. The Labute approximate surface area is 94.8 Å². The third-order valence-electron chi connectivity index (χ3n) is 3.77.